The molecule has 0 N–H and O–H groups in total. The zero-order valence-electron chi connectivity index (χ0n) is 32.1. The van der Waals surface area contributed by atoms with Crippen molar-refractivity contribution in [2.24, 2.45) is 0 Å². The van der Waals surface area contributed by atoms with E-state index in [2.05, 4.69) is 136 Å². The molecule has 0 saturated carbocycles. The second-order valence-electron chi connectivity index (χ2n) is 16.9. The summed E-state index contributed by atoms with van der Waals surface area (Å²) >= 11 is 0. The van der Waals surface area contributed by atoms with Gasteiger partial charge < -0.3 is 18.9 Å². The Hall–Kier alpha value is -6.27. The van der Waals surface area contributed by atoms with Gasteiger partial charge in [-0.25, -0.2) is 4.98 Å². The van der Waals surface area contributed by atoms with Crippen LogP contribution in [0.1, 0.15) is 52.7 Å². The molecular formula is C49H42BN3O2. The van der Waals surface area contributed by atoms with Crippen molar-refractivity contribution in [1.29, 1.82) is 0 Å². The molecule has 0 radical (unpaired) electrons. The smallest absolute Gasteiger partial charge is 0.334 e. The van der Waals surface area contributed by atoms with Crippen LogP contribution in [0.15, 0.2) is 146 Å². The summed E-state index contributed by atoms with van der Waals surface area (Å²) < 4.78 is 15.8. The summed E-state index contributed by atoms with van der Waals surface area (Å²) in [5.74, 6) is 3.15. The first kappa shape index (κ1) is 33.3. The van der Waals surface area contributed by atoms with E-state index in [0.717, 1.165) is 45.7 Å². The van der Waals surface area contributed by atoms with Crippen LogP contribution in [0.4, 0.5) is 17.1 Å². The van der Waals surface area contributed by atoms with E-state index in [-0.39, 0.29) is 17.7 Å². The molecule has 4 heterocycles. The van der Waals surface area contributed by atoms with Gasteiger partial charge in [0.15, 0.2) is 0 Å². The topological polar surface area (TPSA) is 39.5 Å². The third-order valence-electron chi connectivity index (χ3n) is 11.2. The van der Waals surface area contributed by atoms with Crippen LogP contribution in [0.3, 0.4) is 0 Å². The van der Waals surface area contributed by atoms with Gasteiger partial charge in [0.1, 0.15) is 28.6 Å². The molecule has 0 unspecified atom stereocenters. The summed E-state index contributed by atoms with van der Waals surface area (Å²) in [6.45, 7) is 13.5. The molecule has 0 spiro atoms. The summed E-state index contributed by atoms with van der Waals surface area (Å²) in [4.78, 5) is 7.73. The Kier molecular flexibility index (Phi) is 7.34. The fourth-order valence-electron chi connectivity index (χ4n) is 8.39. The lowest BCUT2D eigenvalue weighted by atomic mass is 9.45. The molecular weight excluding hydrogens is 673 g/mol. The molecule has 0 amide bonds. The molecule has 6 aromatic carbocycles. The zero-order valence-corrected chi connectivity index (χ0v) is 32.1. The monoisotopic (exact) mass is 715 g/mol. The first-order valence-electron chi connectivity index (χ1n) is 19.1. The lowest BCUT2D eigenvalue weighted by Gasteiger charge is -2.40. The van der Waals surface area contributed by atoms with E-state index in [1.54, 1.807) is 0 Å². The predicted octanol–water partition coefficient (Wildman–Crippen LogP) is 11.8. The van der Waals surface area contributed by atoms with Crippen molar-refractivity contribution < 1.29 is 9.47 Å². The minimum atomic E-state index is -0.155. The molecule has 0 bridgehead atoms. The van der Waals surface area contributed by atoms with Crippen molar-refractivity contribution in [1.82, 2.24) is 9.46 Å². The van der Waals surface area contributed by atoms with E-state index < -0.39 is 0 Å². The second kappa shape index (κ2) is 12.1. The van der Waals surface area contributed by atoms with Crippen LogP contribution in [-0.2, 0) is 10.8 Å². The maximum atomic E-state index is 6.74. The lowest BCUT2D eigenvalue weighted by Crippen LogP contribution is -2.56. The Bertz CT molecular complexity index is 2780. The minimum absolute atomic E-state index is 0.0527. The van der Waals surface area contributed by atoms with E-state index in [0.29, 0.717) is 0 Å². The van der Waals surface area contributed by atoms with Gasteiger partial charge in [-0.15, -0.1) is 0 Å². The summed E-state index contributed by atoms with van der Waals surface area (Å²) in [6, 6.07) is 49.0. The van der Waals surface area contributed by atoms with Crippen molar-refractivity contribution in [3.8, 4) is 34.1 Å². The molecule has 8 aromatic rings. The maximum Gasteiger partial charge on any atom is 0.334 e. The number of hydrogen-bond acceptors (Lipinski definition) is 4. The Morgan fingerprint density at radius 1 is 0.527 bits per heavy atom. The van der Waals surface area contributed by atoms with E-state index in [9.17, 15) is 0 Å². The number of aromatic nitrogens is 2. The van der Waals surface area contributed by atoms with E-state index in [1.165, 1.54) is 49.5 Å². The molecule has 0 atom stereocenters. The maximum absolute atomic E-state index is 6.74. The SMILES string of the molecule is CC(C)(C)c1cnc2c(c1)c1cc(C(C)(C)C)cc3c1n2B1c2ccc(Oc4ccccc4)cc2N(c2ccccc2)c2cc(Oc4ccccc4)cc-3c21. The van der Waals surface area contributed by atoms with Gasteiger partial charge in [-0.3, -0.25) is 0 Å². The highest BCUT2D eigenvalue weighted by molar-refractivity contribution is 6.90. The number of rotatable bonds is 5. The van der Waals surface area contributed by atoms with Gasteiger partial charge in [-0.1, -0.05) is 102 Å². The first-order valence-corrected chi connectivity index (χ1v) is 19.1. The molecule has 2 aromatic heterocycles. The molecule has 268 valence electrons. The van der Waals surface area contributed by atoms with Gasteiger partial charge in [0, 0.05) is 57.2 Å². The third kappa shape index (κ3) is 5.42. The molecule has 6 heteroatoms. The first-order chi connectivity index (χ1) is 26.5. The normalized spacial score (nSPS) is 13.2. The number of anilines is 3. The van der Waals surface area contributed by atoms with Gasteiger partial charge in [-0.2, -0.15) is 0 Å². The van der Waals surface area contributed by atoms with Crippen LogP contribution in [0.25, 0.3) is 33.1 Å². The number of nitrogens with zero attached hydrogens (tertiary/aromatic N) is 3. The zero-order chi connectivity index (χ0) is 37.6. The number of para-hydroxylation sites is 3. The standard InChI is InChI=1S/C49H42BN3O2/c1-48(2,3)31-24-39-38-27-37(55-35-20-14-9-15-21-35)29-44-45(38)50(53-46(39)40(25-31)41-26-32(49(4,5)6)30-51-47(41)53)42-23-22-36(54-34-18-12-8-13-19-34)28-43(42)52(44)33-16-10-7-11-17-33/h7-30H,1-6H3. The molecule has 10 rings (SSSR count). The van der Waals surface area contributed by atoms with Crippen molar-refractivity contribution in [3.63, 3.8) is 0 Å². The average Bonchev–Trinajstić information content (AvgIpc) is 3.50. The molecule has 2 aliphatic heterocycles. The highest BCUT2D eigenvalue weighted by atomic mass is 16.5. The number of pyridine rings is 1. The molecule has 55 heavy (non-hydrogen) atoms. The Morgan fingerprint density at radius 3 is 1.78 bits per heavy atom. The number of fused-ring (bicyclic) bond motifs is 7. The van der Waals surface area contributed by atoms with Crippen LogP contribution in [0.5, 0.6) is 23.0 Å². The minimum Gasteiger partial charge on any atom is -0.457 e. The Morgan fingerprint density at radius 2 is 1.13 bits per heavy atom. The summed E-state index contributed by atoms with van der Waals surface area (Å²) in [6.07, 6.45) is 2.08. The summed E-state index contributed by atoms with van der Waals surface area (Å²) in [5, 5.41) is 2.41. The van der Waals surface area contributed by atoms with Crippen molar-refractivity contribution in [2.75, 3.05) is 4.90 Å². The molecule has 2 aliphatic rings. The van der Waals surface area contributed by atoms with Gasteiger partial charge in [0.05, 0.1) is 0 Å². The van der Waals surface area contributed by atoms with Crippen molar-refractivity contribution >= 4 is 56.8 Å². The highest BCUT2D eigenvalue weighted by Crippen LogP contribution is 2.49. The fraction of sp³-hybridized carbons (Fsp3) is 0.163. The van der Waals surface area contributed by atoms with E-state index >= 15 is 0 Å². The molecule has 0 fully saturated rings. The van der Waals surface area contributed by atoms with Gasteiger partial charge in [-0.05, 0) is 105 Å². The lowest BCUT2D eigenvalue weighted by molar-refractivity contribution is 0.483. The third-order valence-corrected chi connectivity index (χ3v) is 11.2. The quantitative estimate of drug-likeness (QED) is 0.166. The summed E-state index contributed by atoms with van der Waals surface area (Å²) in [7, 11) is 0. The average molecular weight is 716 g/mol. The predicted molar refractivity (Wildman–Crippen MR) is 228 cm³/mol. The molecule has 5 nitrogen and oxygen atoms in total. The van der Waals surface area contributed by atoms with E-state index in [4.69, 9.17) is 14.5 Å². The van der Waals surface area contributed by atoms with Gasteiger partial charge >= 0.3 is 6.85 Å². The van der Waals surface area contributed by atoms with Crippen LogP contribution >= 0.6 is 0 Å². The van der Waals surface area contributed by atoms with Crippen molar-refractivity contribution in [3.05, 3.63) is 157 Å². The summed E-state index contributed by atoms with van der Waals surface area (Å²) in [5.41, 5.74) is 12.5. The molecule has 0 saturated heterocycles. The number of hydrogen-bond donors (Lipinski definition) is 0. The number of benzene rings is 6. The Balaban J connectivity index is 1.33. The van der Waals surface area contributed by atoms with Crippen LogP contribution in [0.2, 0.25) is 0 Å². The molecule has 0 aliphatic carbocycles. The van der Waals surface area contributed by atoms with E-state index in [1.807, 2.05) is 60.7 Å². The van der Waals surface area contributed by atoms with Crippen molar-refractivity contribution in [2.45, 2.75) is 52.4 Å². The van der Waals surface area contributed by atoms with Gasteiger partial charge in [0.25, 0.3) is 0 Å². The Labute approximate surface area is 322 Å². The second-order valence-corrected chi connectivity index (χ2v) is 16.9. The fourth-order valence-corrected chi connectivity index (χ4v) is 8.39. The highest BCUT2D eigenvalue weighted by Gasteiger charge is 2.44. The number of ether oxygens (including phenoxy) is 2. The van der Waals surface area contributed by atoms with Crippen LogP contribution in [-0.4, -0.2) is 16.3 Å². The largest absolute Gasteiger partial charge is 0.457 e. The van der Waals surface area contributed by atoms with Gasteiger partial charge in [0.2, 0.25) is 0 Å². The van der Waals surface area contributed by atoms with Crippen LogP contribution in [0, 0.1) is 0 Å². The van der Waals surface area contributed by atoms with Crippen LogP contribution < -0.4 is 25.3 Å².